The van der Waals surface area contributed by atoms with Crippen molar-refractivity contribution in [3.8, 4) is 44.5 Å². The third kappa shape index (κ3) is 4.01. The van der Waals surface area contributed by atoms with E-state index in [2.05, 4.69) is 172 Å². The summed E-state index contributed by atoms with van der Waals surface area (Å²) in [5, 5.41) is 14.8. The summed E-state index contributed by atoms with van der Waals surface area (Å²) in [6, 6.07) is 56.4. The van der Waals surface area contributed by atoms with Crippen molar-refractivity contribution in [1.29, 1.82) is 0 Å². The molecule has 0 amide bonds. The van der Waals surface area contributed by atoms with Gasteiger partial charge in [0, 0.05) is 40.3 Å². The van der Waals surface area contributed by atoms with Crippen molar-refractivity contribution in [1.82, 2.24) is 0 Å². The minimum absolute atomic E-state index is 1.34. The maximum absolute atomic E-state index is 2.59. The molecule has 2 aromatic heterocycles. The molecule has 4 heteroatoms. The molecule has 0 bridgehead atoms. The highest BCUT2D eigenvalue weighted by Gasteiger charge is 2.41. The summed E-state index contributed by atoms with van der Waals surface area (Å²) in [6.07, 6.45) is 0. The lowest BCUT2D eigenvalue weighted by molar-refractivity contribution is 1.59. The predicted octanol–water partition coefficient (Wildman–Crippen LogP) is 12.5. The van der Waals surface area contributed by atoms with Crippen LogP contribution in [0.3, 0.4) is 0 Å². The summed E-state index contributed by atoms with van der Waals surface area (Å²) in [7, 11) is -4.16. The minimum Gasteiger partial charge on any atom is -0.135 e. The molecule has 10 aromatic rings. The highest BCUT2D eigenvalue weighted by molar-refractivity contribution is 7.26. The SMILES string of the molecule is C[Si]1(C)c2cc(-c3cccc4sc5ccccc5c34)ccc2-c2ccc3c4c(ccc1c24)[Si](C)(C)c1cc(-c2cccc4sc5ccccc5c24)ccc1-3. The molecule has 4 heterocycles. The molecule has 54 heavy (non-hydrogen) atoms. The normalized spacial score (nSPS) is 15.0. The van der Waals surface area contributed by atoms with Gasteiger partial charge in [-0.05, 0) is 100 Å². The Kier molecular flexibility index (Phi) is 6.23. The molecule has 0 unspecified atom stereocenters. The van der Waals surface area contributed by atoms with E-state index in [4.69, 9.17) is 0 Å². The van der Waals surface area contributed by atoms with Crippen LogP contribution in [0.15, 0.2) is 146 Å². The highest BCUT2D eigenvalue weighted by atomic mass is 32.1. The number of thiophene rings is 2. The smallest absolute Gasteiger partial charge is 0.113 e. The first-order valence-corrected chi connectivity index (χ1v) is 26.6. The van der Waals surface area contributed by atoms with Gasteiger partial charge < -0.3 is 0 Å². The average molecular weight is 757 g/mol. The van der Waals surface area contributed by atoms with Crippen molar-refractivity contribution in [2.45, 2.75) is 26.2 Å². The van der Waals surface area contributed by atoms with Crippen molar-refractivity contribution in [3.63, 3.8) is 0 Å². The zero-order valence-electron chi connectivity index (χ0n) is 30.7. The van der Waals surface area contributed by atoms with Gasteiger partial charge in [0.05, 0.1) is 0 Å². The van der Waals surface area contributed by atoms with E-state index in [1.54, 1.807) is 20.7 Å². The van der Waals surface area contributed by atoms with Gasteiger partial charge in [0.25, 0.3) is 0 Å². The third-order valence-electron chi connectivity index (χ3n) is 12.9. The van der Waals surface area contributed by atoms with Crippen LogP contribution >= 0.6 is 22.7 Å². The number of rotatable bonds is 2. The summed E-state index contributed by atoms with van der Waals surface area (Å²) in [6.45, 7) is 10.3. The van der Waals surface area contributed by atoms with Crippen LogP contribution in [0.1, 0.15) is 0 Å². The van der Waals surface area contributed by atoms with E-state index in [1.165, 1.54) is 95.6 Å². The van der Waals surface area contributed by atoms with Crippen molar-refractivity contribution < 1.29 is 0 Å². The second-order valence-electron chi connectivity index (χ2n) is 16.4. The van der Waals surface area contributed by atoms with Crippen LogP contribution < -0.4 is 20.7 Å². The summed E-state index contributed by atoms with van der Waals surface area (Å²) < 4.78 is 5.45. The summed E-state index contributed by atoms with van der Waals surface area (Å²) in [4.78, 5) is 0. The Bertz CT molecular complexity index is 3060. The topological polar surface area (TPSA) is 0 Å². The Labute approximate surface area is 325 Å². The minimum atomic E-state index is -2.08. The monoisotopic (exact) mass is 756 g/mol. The Morgan fingerprint density at radius 1 is 0.315 bits per heavy atom. The Hall–Kier alpha value is -5.11. The van der Waals surface area contributed by atoms with Crippen LogP contribution in [0.2, 0.25) is 26.2 Å². The van der Waals surface area contributed by atoms with Gasteiger partial charge in [-0.15, -0.1) is 22.7 Å². The van der Waals surface area contributed by atoms with E-state index in [0.29, 0.717) is 0 Å². The summed E-state index contributed by atoms with van der Waals surface area (Å²) in [5.74, 6) is 0. The van der Waals surface area contributed by atoms with Gasteiger partial charge in [-0.1, -0.05) is 148 Å². The van der Waals surface area contributed by atoms with E-state index in [9.17, 15) is 0 Å². The Morgan fingerprint density at radius 3 is 1.19 bits per heavy atom. The lowest BCUT2D eigenvalue weighted by Gasteiger charge is -2.39. The van der Waals surface area contributed by atoms with Crippen LogP contribution in [-0.2, 0) is 0 Å². The fraction of sp³-hybridized carbons (Fsp3) is 0.0800. The predicted molar refractivity (Wildman–Crippen MR) is 245 cm³/mol. The van der Waals surface area contributed by atoms with Crippen molar-refractivity contribution in [3.05, 3.63) is 146 Å². The van der Waals surface area contributed by atoms with Crippen LogP contribution in [0.4, 0.5) is 0 Å². The molecule has 8 aromatic carbocycles. The second-order valence-corrected chi connectivity index (χ2v) is 27.2. The maximum Gasteiger partial charge on any atom is 0.113 e. The lowest BCUT2D eigenvalue weighted by Crippen LogP contribution is -2.59. The van der Waals surface area contributed by atoms with Crippen LogP contribution in [-0.4, -0.2) is 16.1 Å². The molecule has 0 N–H and O–H groups in total. The molecular formula is C50H36S2Si2. The number of hydrogen-bond donors (Lipinski definition) is 0. The van der Waals surface area contributed by atoms with Gasteiger partial charge in [-0.3, -0.25) is 0 Å². The maximum atomic E-state index is 2.59. The van der Waals surface area contributed by atoms with Crippen LogP contribution in [0, 0.1) is 0 Å². The zero-order chi connectivity index (χ0) is 36.1. The molecule has 0 aliphatic carbocycles. The summed E-state index contributed by atoms with van der Waals surface area (Å²) >= 11 is 3.81. The first-order valence-electron chi connectivity index (χ1n) is 19.0. The fourth-order valence-electron chi connectivity index (χ4n) is 10.2. The third-order valence-corrected chi connectivity index (χ3v) is 22.2. The molecular weight excluding hydrogens is 721 g/mol. The quantitative estimate of drug-likeness (QED) is 0.154. The zero-order valence-corrected chi connectivity index (χ0v) is 34.3. The number of benzene rings is 8. The van der Waals surface area contributed by atoms with Gasteiger partial charge in [-0.25, -0.2) is 0 Å². The highest BCUT2D eigenvalue weighted by Crippen LogP contribution is 2.45. The molecule has 2 aliphatic heterocycles. The van der Waals surface area contributed by atoms with Gasteiger partial charge in [0.1, 0.15) is 16.1 Å². The summed E-state index contributed by atoms with van der Waals surface area (Å²) in [5.41, 5.74) is 11.1. The van der Waals surface area contributed by atoms with E-state index in [1.807, 2.05) is 22.7 Å². The Balaban J connectivity index is 1.05. The first-order chi connectivity index (χ1) is 26.3. The standard InChI is InChI=1S/C50H36S2Si2/c1-53(2)43-25-26-44-50-36(34-22-20-30(28-46(34)54(44,3)4)32-14-10-18-42-48(32)38-12-6-8-16-40(38)52-42)24-23-35(49(43)50)33-21-19-29(27-45(33)53)31-13-9-17-41-47(31)37-11-5-7-15-39(37)51-41/h5-28H,1-4H3. The van der Waals surface area contributed by atoms with Gasteiger partial charge in [0.15, 0.2) is 0 Å². The molecule has 0 saturated carbocycles. The van der Waals surface area contributed by atoms with Crippen molar-refractivity contribution >= 4 is 111 Å². The molecule has 0 nitrogen and oxygen atoms in total. The molecule has 0 spiro atoms. The van der Waals surface area contributed by atoms with Crippen LogP contribution in [0.5, 0.6) is 0 Å². The largest absolute Gasteiger partial charge is 0.135 e. The van der Waals surface area contributed by atoms with E-state index in [-0.39, 0.29) is 0 Å². The van der Waals surface area contributed by atoms with Gasteiger partial charge in [0.2, 0.25) is 0 Å². The molecule has 0 radical (unpaired) electrons. The molecule has 2 aliphatic rings. The molecule has 0 fully saturated rings. The molecule has 0 saturated heterocycles. The van der Waals surface area contributed by atoms with E-state index < -0.39 is 16.1 Å². The van der Waals surface area contributed by atoms with E-state index in [0.717, 1.165) is 0 Å². The average Bonchev–Trinajstić information content (AvgIpc) is 3.78. The van der Waals surface area contributed by atoms with Crippen LogP contribution in [0.25, 0.3) is 95.6 Å². The lowest BCUT2D eigenvalue weighted by atomic mass is 9.89. The van der Waals surface area contributed by atoms with Crippen molar-refractivity contribution in [2.75, 3.05) is 0 Å². The molecule has 256 valence electrons. The second kappa shape index (κ2) is 10.8. The van der Waals surface area contributed by atoms with Crippen molar-refractivity contribution in [2.24, 2.45) is 0 Å². The van der Waals surface area contributed by atoms with Gasteiger partial charge in [-0.2, -0.15) is 0 Å². The molecule has 0 atom stereocenters. The Morgan fingerprint density at radius 2 is 0.722 bits per heavy atom. The first kappa shape index (κ1) is 31.3. The fourth-order valence-corrected chi connectivity index (χ4v) is 18.7. The number of hydrogen-bond acceptors (Lipinski definition) is 2. The van der Waals surface area contributed by atoms with E-state index >= 15 is 0 Å². The van der Waals surface area contributed by atoms with Gasteiger partial charge >= 0.3 is 0 Å². The molecule has 12 rings (SSSR count). The number of fused-ring (bicyclic) bond motifs is 10.